The molecule has 1 unspecified atom stereocenters. The van der Waals surface area contributed by atoms with E-state index in [4.69, 9.17) is 0 Å². The number of hydrogen-bond acceptors (Lipinski definition) is 2. The number of nitrogens with zero attached hydrogens (tertiary/aromatic N) is 1. The minimum absolute atomic E-state index is 0.252. The van der Waals surface area contributed by atoms with Crippen LogP contribution in [0, 0.1) is 6.92 Å². The first kappa shape index (κ1) is 12.7. The summed E-state index contributed by atoms with van der Waals surface area (Å²) in [5.74, 6) is 0. The molecule has 1 heterocycles. The second-order valence-corrected chi connectivity index (χ2v) is 5.11. The maximum absolute atomic E-state index is 4.31. The molecule has 20 heavy (non-hydrogen) atoms. The van der Waals surface area contributed by atoms with E-state index in [1.807, 2.05) is 19.2 Å². The lowest BCUT2D eigenvalue weighted by atomic mass is 10.0. The Bertz CT molecular complexity index is 734. The number of nitrogens with one attached hydrogen (secondary N) is 1. The molecule has 100 valence electrons. The van der Waals surface area contributed by atoms with Gasteiger partial charge in [0.1, 0.15) is 0 Å². The number of fused-ring (bicyclic) bond motifs is 1. The maximum Gasteiger partial charge on any atom is 0.0603 e. The van der Waals surface area contributed by atoms with Crippen LogP contribution >= 0.6 is 0 Å². The average molecular weight is 262 g/mol. The van der Waals surface area contributed by atoms with Gasteiger partial charge in [-0.05, 0) is 48.4 Å². The van der Waals surface area contributed by atoms with Crippen LogP contribution in [0.15, 0.2) is 60.8 Å². The van der Waals surface area contributed by atoms with Crippen molar-refractivity contribution in [1.82, 2.24) is 4.98 Å². The Morgan fingerprint density at radius 2 is 1.75 bits per heavy atom. The third-order valence-corrected chi connectivity index (χ3v) is 3.65. The van der Waals surface area contributed by atoms with Gasteiger partial charge >= 0.3 is 0 Å². The summed E-state index contributed by atoms with van der Waals surface area (Å²) in [5, 5.41) is 6.09. The molecule has 2 aromatic carbocycles. The van der Waals surface area contributed by atoms with Crippen LogP contribution in [0.1, 0.15) is 24.2 Å². The van der Waals surface area contributed by atoms with Gasteiger partial charge in [-0.2, -0.15) is 0 Å². The van der Waals surface area contributed by atoms with Crippen molar-refractivity contribution in [1.29, 1.82) is 0 Å². The molecule has 2 nitrogen and oxygen atoms in total. The number of hydrogen-bond donors (Lipinski definition) is 1. The molecule has 0 spiro atoms. The van der Waals surface area contributed by atoms with Gasteiger partial charge in [0.05, 0.1) is 11.4 Å². The van der Waals surface area contributed by atoms with Crippen LogP contribution in [0.5, 0.6) is 0 Å². The van der Waals surface area contributed by atoms with Gasteiger partial charge in [-0.15, -0.1) is 0 Å². The van der Waals surface area contributed by atoms with Crippen LogP contribution in [0.2, 0.25) is 0 Å². The van der Waals surface area contributed by atoms with E-state index >= 15 is 0 Å². The largest absolute Gasteiger partial charge is 0.377 e. The van der Waals surface area contributed by atoms with Gasteiger partial charge in [0.2, 0.25) is 0 Å². The van der Waals surface area contributed by atoms with Crippen LogP contribution in [-0.2, 0) is 0 Å². The van der Waals surface area contributed by atoms with Gasteiger partial charge in [0, 0.05) is 12.2 Å². The van der Waals surface area contributed by atoms with Crippen molar-refractivity contribution < 1.29 is 0 Å². The average Bonchev–Trinajstić information content (AvgIpc) is 2.49. The van der Waals surface area contributed by atoms with Crippen molar-refractivity contribution in [2.75, 3.05) is 5.32 Å². The zero-order valence-electron chi connectivity index (χ0n) is 11.8. The quantitative estimate of drug-likeness (QED) is 0.739. The Labute approximate surface area is 119 Å². The molecule has 0 amide bonds. The highest BCUT2D eigenvalue weighted by Crippen LogP contribution is 2.24. The molecule has 1 atom stereocenters. The summed E-state index contributed by atoms with van der Waals surface area (Å²) < 4.78 is 0. The van der Waals surface area contributed by atoms with Crippen LogP contribution < -0.4 is 5.32 Å². The van der Waals surface area contributed by atoms with Crippen LogP contribution in [0.4, 0.5) is 5.69 Å². The van der Waals surface area contributed by atoms with E-state index in [1.54, 1.807) is 0 Å². The van der Waals surface area contributed by atoms with Gasteiger partial charge in [-0.1, -0.05) is 36.4 Å². The standard InChI is InChI=1S/C18H18N2/c1-13(20-18-8-5-11-19-14(18)2)16-10-9-15-6-3-4-7-17(15)12-16/h3-13,20H,1-2H3. The highest BCUT2D eigenvalue weighted by atomic mass is 14.9. The fourth-order valence-electron chi connectivity index (χ4n) is 2.43. The van der Waals surface area contributed by atoms with Crippen molar-refractivity contribution >= 4 is 16.5 Å². The summed E-state index contributed by atoms with van der Waals surface area (Å²) in [6.07, 6.45) is 1.82. The molecule has 1 aromatic heterocycles. The molecule has 2 heteroatoms. The molecule has 3 rings (SSSR count). The molecule has 1 N–H and O–H groups in total. The highest BCUT2D eigenvalue weighted by molar-refractivity contribution is 5.83. The van der Waals surface area contributed by atoms with Crippen molar-refractivity contribution in [3.05, 3.63) is 72.1 Å². The summed E-state index contributed by atoms with van der Waals surface area (Å²) in [4.78, 5) is 4.31. The number of aryl methyl sites for hydroxylation is 1. The fraction of sp³-hybridized carbons (Fsp3) is 0.167. The van der Waals surface area contributed by atoms with Crippen molar-refractivity contribution in [2.45, 2.75) is 19.9 Å². The summed E-state index contributed by atoms with van der Waals surface area (Å²) in [6.45, 7) is 4.20. The minimum Gasteiger partial charge on any atom is -0.377 e. The molecule has 0 bridgehead atoms. The topological polar surface area (TPSA) is 24.9 Å². The van der Waals surface area contributed by atoms with E-state index in [-0.39, 0.29) is 6.04 Å². The lowest BCUT2D eigenvalue weighted by Gasteiger charge is -2.17. The van der Waals surface area contributed by atoms with Gasteiger partial charge in [0.15, 0.2) is 0 Å². The SMILES string of the molecule is Cc1ncccc1NC(C)c1ccc2ccccc2c1. The Hall–Kier alpha value is -2.35. The van der Waals surface area contributed by atoms with Gasteiger partial charge < -0.3 is 5.32 Å². The lowest BCUT2D eigenvalue weighted by Crippen LogP contribution is -2.08. The zero-order valence-corrected chi connectivity index (χ0v) is 11.8. The van der Waals surface area contributed by atoms with Crippen molar-refractivity contribution in [3.63, 3.8) is 0 Å². The molecule has 3 aromatic rings. The first-order chi connectivity index (χ1) is 9.74. The molecule has 0 aliphatic carbocycles. The van der Waals surface area contributed by atoms with E-state index < -0.39 is 0 Å². The third kappa shape index (κ3) is 2.50. The fourth-order valence-corrected chi connectivity index (χ4v) is 2.43. The molecular weight excluding hydrogens is 244 g/mol. The smallest absolute Gasteiger partial charge is 0.0603 e. The second-order valence-electron chi connectivity index (χ2n) is 5.11. The molecule has 0 radical (unpaired) electrons. The van der Waals surface area contributed by atoms with E-state index in [1.165, 1.54) is 16.3 Å². The summed E-state index contributed by atoms with van der Waals surface area (Å²) in [5.41, 5.74) is 3.40. The van der Waals surface area contributed by atoms with Gasteiger partial charge in [0.25, 0.3) is 0 Å². The summed E-state index contributed by atoms with van der Waals surface area (Å²) in [6, 6.07) is 19.3. The number of benzene rings is 2. The number of pyridine rings is 1. The Kier molecular flexibility index (Phi) is 3.38. The predicted octanol–water partition coefficient (Wildman–Crippen LogP) is 4.72. The van der Waals surface area contributed by atoms with E-state index in [2.05, 4.69) is 65.8 Å². The number of aromatic nitrogens is 1. The molecule has 0 fully saturated rings. The van der Waals surface area contributed by atoms with Crippen molar-refractivity contribution in [3.8, 4) is 0 Å². The van der Waals surface area contributed by atoms with E-state index in [0.29, 0.717) is 0 Å². The lowest BCUT2D eigenvalue weighted by molar-refractivity contribution is 0.881. The Morgan fingerprint density at radius 3 is 2.55 bits per heavy atom. The minimum atomic E-state index is 0.252. The molecule has 0 saturated carbocycles. The Balaban J connectivity index is 1.89. The molecule has 0 saturated heterocycles. The summed E-state index contributed by atoms with van der Waals surface area (Å²) in [7, 11) is 0. The first-order valence-electron chi connectivity index (χ1n) is 6.91. The predicted molar refractivity (Wildman–Crippen MR) is 85.0 cm³/mol. The molecular formula is C18H18N2. The maximum atomic E-state index is 4.31. The molecule has 0 aliphatic heterocycles. The van der Waals surface area contributed by atoms with Crippen molar-refractivity contribution in [2.24, 2.45) is 0 Å². The molecule has 0 aliphatic rings. The number of anilines is 1. The van der Waals surface area contributed by atoms with Gasteiger partial charge in [-0.3, -0.25) is 4.98 Å². The normalized spacial score (nSPS) is 12.3. The van der Waals surface area contributed by atoms with Crippen LogP contribution in [0.25, 0.3) is 10.8 Å². The van der Waals surface area contributed by atoms with E-state index in [9.17, 15) is 0 Å². The third-order valence-electron chi connectivity index (χ3n) is 3.65. The second kappa shape index (κ2) is 5.33. The van der Waals surface area contributed by atoms with Crippen LogP contribution in [-0.4, -0.2) is 4.98 Å². The first-order valence-corrected chi connectivity index (χ1v) is 6.91. The van der Waals surface area contributed by atoms with E-state index in [0.717, 1.165) is 11.4 Å². The summed E-state index contributed by atoms with van der Waals surface area (Å²) >= 11 is 0. The highest BCUT2D eigenvalue weighted by Gasteiger charge is 2.07. The van der Waals surface area contributed by atoms with Crippen LogP contribution in [0.3, 0.4) is 0 Å². The number of rotatable bonds is 3. The van der Waals surface area contributed by atoms with Gasteiger partial charge in [-0.25, -0.2) is 0 Å². The zero-order chi connectivity index (χ0) is 13.9. The monoisotopic (exact) mass is 262 g/mol. The Morgan fingerprint density at radius 1 is 0.950 bits per heavy atom.